The molecule has 1 saturated heterocycles. The van der Waals surface area contributed by atoms with E-state index in [4.69, 9.17) is 9.47 Å². The van der Waals surface area contributed by atoms with Crippen molar-refractivity contribution < 1.29 is 9.47 Å². The third kappa shape index (κ3) is 3.47. The topological polar surface area (TPSA) is 72.4 Å². The van der Waals surface area contributed by atoms with Gasteiger partial charge in [0, 0.05) is 13.6 Å². The number of nitrogens with zero attached hydrogens (tertiary/aromatic N) is 4. The van der Waals surface area contributed by atoms with Gasteiger partial charge in [0.15, 0.2) is 0 Å². The van der Waals surface area contributed by atoms with E-state index >= 15 is 0 Å². The summed E-state index contributed by atoms with van der Waals surface area (Å²) in [5.74, 6) is 1.19. The van der Waals surface area contributed by atoms with Crippen LogP contribution in [0.3, 0.4) is 0 Å². The second-order valence-corrected chi connectivity index (χ2v) is 4.67. The second-order valence-electron chi connectivity index (χ2n) is 4.67. The molecule has 7 nitrogen and oxygen atoms in total. The first-order valence-electron chi connectivity index (χ1n) is 7.19. The van der Waals surface area contributed by atoms with Gasteiger partial charge in [0.2, 0.25) is 11.9 Å². The number of nitrogens with one attached hydrogen (secondary N) is 1. The number of morpholine rings is 1. The van der Waals surface area contributed by atoms with Crippen LogP contribution >= 0.6 is 0 Å². The predicted molar refractivity (Wildman–Crippen MR) is 77.4 cm³/mol. The molecule has 1 fully saturated rings. The third-order valence-electron chi connectivity index (χ3n) is 3.22. The quantitative estimate of drug-likeness (QED) is 0.843. The minimum absolute atomic E-state index is 0.301. The van der Waals surface area contributed by atoms with Crippen LogP contribution in [0.1, 0.15) is 26.7 Å². The van der Waals surface area contributed by atoms with Crippen molar-refractivity contribution >= 4 is 11.9 Å². The molecule has 112 valence electrons. The Hall–Kier alpha value is -1.63. The summed E-state index contributed by atoms with van der Waals surface area (Å²) in [5.41, 5.74) is 0. The lowest BCUT2D eigenvalue weighted by Crippen LogP contribution is -2.46. The minimum Gasteiger partial charge on any atom is -0.463 e. The molecule has 0 amide bonds. The number of hydrogen-bond acceptors (Lipinski definition) is 7. The number of rotatable bonds is 6. The molecule has 1 aliphatic heterocycles. The molecule has 1 atom stereocenters. The lowest BCUT2D eigenvalue weighted by Gasteiger charge is -2.35. The van der Waals surface area contributed by atoms with Gasteiger partial charge >= 0.3 is 6.01 Å². The number of aromatic nitrogens is 3. The van der Waals surface area contributed by atoms with Crippen molar-refractivity contribution in [1.82, 2.24) is 15.0 Å². The van der Waals surface area contributed by atoms with Gasteiger partial charge in [-0.2, -0.15) is 15.0 Å². The van der Waals surface area contributed by atoms with Crippen molar-refractivity contribution in [1.29, 1.82) is 0 Å². The maximum absolute atomic E-state index is 5.54. The Kier molecular flexibility index (Phi) is 5.34. The van der Waals surface area contributed by atoms with E-state index in [2.05, 4.69) is 39.0 Å². The molecule has 0 bridgehead atoms. The maximum atomic E-state index is 5.54. The average molecular weight is 281 g/mol. The molecule has 0 aromatic carbocycles. The maximum Gasteiger partial charge on any atom is 0.323 e. The largest absolute Gasteiger partial charge is 0.463 e. The van der Waals surface area contributed by atoms with E-state index in [1.54, 1.807) is 7.05 Å². The normalized spacial score (nSPS) is 18.9. The van der Waals surface area contributed by atoms with E-state index in [9.17, 15) is 0 Å². The van der Waals surface area contributed by atoms with Crippen LogP contribution in [0.25, 0.3) is 0 Å². The van der Waals surface area contributed by atoms with E-state index < -0.39 is 0 Å². The number of hydrogen-bond donors (Lipinski definition) is 1. The van der Waals surface area contributed by atoms with Gasteiger partial charge in [-0.05, 0) is 12.8 Å². The molecule has 0 radical (unpaired) electrons. The highest BCUT2D eigenvalue weighted by atomic mass is 16.5. The van der Waals surface area contributed by atoms with Crippen molar-refractivity contribution in [3.05, 3.63) is 0 Å². The Labute approximate surface area is 119 Å². The van der Waals surface area contributed by atoms with Crippen LogP contribution in [0, 0.1) is 0 Å². The van der Waals surface area contributed by atoms with Crippen LogP contribution in [0.5, 0.6) is 6.01 Å². The van der Waals surface area contributed by atoms with Crippen molar-refractivity contribution in [3.63, 3.8) is 0 Å². The summed E-state index contributed by atoms with van der Waals surface area (Å²) in [4.78, 5) is 15.3. The standard InChI is InChI=1S/C13H23N5O2/c1-4-7-20-13-16-11(14-3)15-12(17-13)18-6-8-19-9-10(18)5-2/h10H,4-9H2,1-3H3,(H,14,15,16,17). The second kappa shape index (κ2) is 7.23. The molecule has 20 heavy (non-hydrogen) atoms. The smallest absolute Gasteiger partial charge is 0.323 e. The summed E-state index contributed by atoms with van der Waals surface area (Å²) >= 11 is 0. The summed E-state index contributed by atoms with van der Waals surface area (Å²) in [6.45, 7) is 6.99. The van der Waals surface area contributed by atoms with E-state index in [1.807, 2.05) is 0 Å². The van der Waals surface area contributed by atoms with Crippen molar-refractivity contribution in [2.24, 2.45) is 0 Å². The van der Waals surface area contributed by atoms with Crippen molar-refractivity contribution in [2.75, 3.05) is 43.6 Å². The monoisotopic (exact) mass is 281 g/mol. The van der Waals surface area contributed by atoms with Gasteiger partial charge in [-0.3, -0.25) is 0 Å². The Bertz CT molecular complexity index is 429. The first kappa shape index (κ1) is 14.8. The van der Waals surface area contributed by atoms with Crippen LogP contribution in [-0.4, -0.2) is 54.4 Å². The third-order valence-corrected chi connectivity index (χ3v) is 3.22. The fourth-order valence-corrected chi connectivity index (χ4v) is 2.10. The van der Waals surface area contributed by atoms with Gasteiger partial charge in [0.1, 0.15) is 0 Å². The van der Waals surface area contributed by atoms with Gasteiger partial charge in [-0.1, -0.05) is 13.8 Å². The zero-order chi connectivity index (χ0) is 14.4. The molecule has 0 saturated carbocycles. The van der Waals surface area contributed by atoms with Crippen molar-refractivity contribution in [3.8, 4) is 6.01 Å². The molecular weight excluding hydrogens is 258 g/mol. The van der Waals surface area contributed by atoms with Gasteiger partial charge in [-0.15, -0.1) is 0 Å². The molecule has 1 N–H and O–H groups in total. The summed E-state index contributed by atoms with van der Waals surface area (Å²) in [6, 6.07) is 0.678. The van der Waals surface area contributed by atoms with Crippen LogP contribution in [-0.2, 0) is 4.74 Å². The molecule has 1 unspecified atom stereocenters. The van der Waals surface area contributed by atoms with E-state index in [0.29, 0.717) is 43.8 Å². The van der Waals surface area contributed by atoms with E-state index in [-0.39, 0.29) is 0 Å². The zero-order valence-corrected chi connectivity index (χ0v) is 12.4. The lowest BCUT2D eigenvalue weighted by molar-refractivity contribution is 0.0919. The Morgan fingerprint density at radius 1 is 1.35 bits per heavy atom. The fraction of sp³-hybridized carbons (Fsp3) is 0.769. The Morgan fingerprint density at radius 3 is 2.90 bits per heavy atom. The molecule has 0 spiro atoms. The molecular formula is C13H23N5O2. The molecule has 0 aliphatic carbocycles. The highest BCUT2D eigenvalue weighted by molar-refractivity contribution is 5.39. The first-order chi connectivity index (χ1) is 9.78. The summed E-state index contributed by atoms with van der Waals surface area (Å²) in [5, 5.41) is 2.96. The van der Waals surface area contributed by atoms with E-state index in [0.717, 1.165) is 19.4 Å². The molecule has 1 aliphatic rings. The minimum atomic E-state index is 0.301. The molecule has 2 heterocycles. The molecule has 1 aromatic rings. The summed E-state index contributed by atoms with van der Waals surface area (Å²) < 4.78 is 11.1. The van der Waals surface area contributed by atoms with E-state index in [1.165, 1.54) is 0 Å². The summed E-state index contributed by atoms with van der Waals surface area (Å²) in [6.07, 6.45) is 1.91. The molecule has 2 rings (SSSR count). The molecule has 7 heteroatoms. The van der Waals surface area contributed by atoms with Crippen LogP contribution < -0.4 is 15.0 Å². The van der Waals surface area contributed by atoms with Crippen LogP contribution in [0.4, 0.5) is 11.9 Å². The number of ether oxygens (including phenoxy) is 2. The predicted octanol–water partition coefficient (Wildman–Crippen LogP) is 1.32. The SMILES string of the molecule is CCCOc1nc(NC)nc(N2CCOCC2CC)n1. The zero-order valence-electron chi connectivity index (χ0n) is 12.4. The van der Waals surface area contributed by atoms with Crippen molar-refractivity contribution in [2.45, 2.75) is 32.7 Å². The van der Waals surface area contributed by atoms with Gasteiger partial charge in [0.25, 0.3) is 0 Å². The Balaban J connectivity index is 2.24. The fourth-order valence-electron chi connectivity index (χ4n) is 2.10. The first-order valence-corrected chi connectivity index (χ1v) is 7.19. The average Bonchev–Trinajstić information content (AvgIpc) is 2.52. The highest BCUT2D eigenvalue weighted by Gasteiger charge is 2.25. The van der Waals surface area contributed by atoms with Gasteiger partial charge < -0.3 is 19.7 Å². The summed E-state index contributed by atoms with van der Waals surface area (Å²) in [7, 11) is 1.79. The van der Waals surface area contributed by atoms with Crippen LogP contribution in [0.15, 0.2) is 0 Å². The Morgan fingerprint density at radius 2 is 2.20 bits per heavy atom. The lowest BCUT2D eigenvalue weighted by atomic mass is 10.2. The number of anilines is 2. The highest BCUT2D eigenvalue weighted by Crippen LogP contribution is 2.20. The molecule has 1 aromatic heterocycles. The van der Waals surface area contributed by atoms with Gasteiger partial charge in [-0.25, -0.2) is 0 Å². The van der Waals surface area contributed by atoms with Crippen LogP contribution in [0.2, 0.25) is 0 Å². The van der Waals surface area contributed by atoms with Gasteiger partial charge in [0.05, 0.1) is 25.9 Å².